The highest BCUT2D eigenvalue weighted by atomic mass is 19.1. The van der Waals surface area contributed by atoms with Gasteiger partial charge in [-0.05, 0) is 66.4 Å². The predicted octanol–water partition coefficient (Wildman–Crippen LogP) is 6.40. The largest absolute Gasteiger partial charge is 0.436 e. The van der Waals surface area contributed by atoms with E-state index in [1.54, 1.807) is 18.2 Å². The summed E-state index contributed by atoms with van der Waals surface area (Å²) in [6.07, 6.45) is 1.06. The van der Waals surface area contributed by atoms with Gasteiger partial charge in [0.2, 0.25) is 5.89 Å². The van der Waals surface area contributed by atoms with E-state index < -0.39 is 5.82 Å². The van der Waals surface area contributed by atoms with E-state index in [0.717, 1.165) is 23.1 Å². The average Bonchev–Trinajstić information content (AvgIpc) is 3.17. The second kappa shape index (κ2) is 7.87. The van der Waals surface area contributed by atoms with Crippen molar-refractivity contribution >= 4 is 22.7 Å². The maximum absolute atomic E-state index is 13.4. The van der Waals surface area contributed by atoms with E-state index in [2.05, 4.69) is 36.3 Å². The van der Waals surface area contributed by atoms with Crippen LogP contribution in [0.25, 0.3) is 22.6 Å². The van der Waals surface area contributed by atoms with Crippen molar-refractivity contribution in [3.05, 3.63) is 83.7 Å². The molecule has 5 heteroatoms. The molecule has 0 aliphatic heterocycles. The number of aromatic nitrogens is 1. The minimum Gasteiger partial charge on any atom is -0.436 e. The Balaban J connectivity index is 1.60. The van der Waals surface area contributed by atoms with Crippen LogP contribution in [0.15, 0.2) is 71.1 Å². The minimum absolute atomic E-state index is 0.259. The summed E-state index contributed by atoms with van der Waals surface area (Å²) >= 11 is 0. The lowest BCUT2D eigenvalue weighted by atomic mass is 9.98. The number of oxazole rings is 1. The van der Waals surface area contributed by atoms with E-state index in [-0.39, 0.29) is 11.5 Å². The first-order chi connectivity index (χ1) is 14.0. The third-order valence-corrected chi connectivity index (χ3v) is 5.05. The molecule has 0 bridgehead atoms. The first-order valence-electron chi connectivity index (χ1n) is 9.61. The molecule has 1 heterocycles. The van der Waals surface area contributed by atoms with Crippen molar-refractivity contribution < 1.29 is 13.6 Å². The molecule has 1 aromatic heterocycles. The zero-order valence-electron chi connectivity index (χ0n) is 16.3. The summed E-state index contributed by atoms with van der Waals surface area (Å²) in [4.78, 5) is 17.0. The van der Waals surface area contributed by atoms with Crippen LogP contribution in [0, 0.1) is 5.82 Å². The number of halogens is 1. The van der Waals surface area contributed by atoms with Crippen molar-refractivity contribution in [2.24, 2.45) is 0 Å². The number of anilines is 1. The van der Waals surface area contributed by atoms with Crippen LogP contribution in [0.5, 0.6) is 0 Å². The fourth-order valence-electron chi connectivity index (χ4n) is 3.17. The summed E-state index contributed by atoms with van der Waals surface area (Å²) in [6, 6.07) is 18.9. The van der Waals surface area contributed by atoms with Gasteiger partial charge in [-0.2, -0.15) is 0 Å². The number of carbonyl (C=O) groups is 1. The lowest BCUT2D eigenvalue weighted by molar-refractivity contribution is 0.102. The predicted molar refractivity (Wildman–Crippen MR) is 113 cm³/mol. The summed E-state index contributed by atoms with van der Waals surface area (Å²) in [7, 11) is 0. The van der Waals surface area contributed by atoms with Crippen LogP contribution in [-0.2, 0) is 0 Å². The highest BCUT2D eigenvalue weighted by Crippen LogP contribution is 2.29. The molecule has 29 heavy (non-hydrogen) atoms. The van der Waals surface area contributed by atoms with Crippen LogP contribution in [0.3, 0.4) is 0 Å². The molecule has 0 spiro atoms. The van der Waals surface area contributed by atoms with Gasteiger partial charge in [0, 0.05) is 16.8 Å². The van der Waals surface area contributed by atoms with Crippen molar-refractivity contribution in [1.29, 1.82) is 0 Å². The number of carbonyl (C=O) groups excluding carboxylic acids is 1. The summed E-state index contributed by atoms with van der Waals surface area (Å²) in [5.41, 5.74) is 4.36. The van der Waals surface area contributed by atoms with Crippen molar-refractivity contribution in [2.75, 3.05) is 5.32 Å². The Morgan fingerprint density at radius 3 is 2.72 bits per heavy atom. The molecule has 0 aliphatic carbocycles. The van der Waals surface area contributed by atoms with Crippen LogP contribution < -0.4 is 5.32 Å². The van der Waals surface area contributed by atoms with Gasteiger partial charge in [-0.15, -0.1) is 0 Å². The van der Waals surface area contributed by atoms with Crippen LogP contribution in [0.4, 0.5) is 10.1 Å². The fraction of sp³-hybridized carbons (Fsp3) is 0.167. The van der Waals surface area contributed by atoms with E-state index in [4.69, 9.17) is 4.42 Å². The summed E-state index contributed by atoms with van der Waals surface area (Å²) in [5.74, 6) is 0.121. The van der Waals surface area contributed by atoms with Crippen LogP contribution in [-0.4, -0.2) is 10.9 Å². The van der Waals surface area contributed by atoms with Gasteiger partial charge in [0.1, 0.15) is 11.3 Å². The molecule has 0 fully saturated rings. The third kappa shape index (κ3) is 4.04. The van der Waals surface area contributed by atoms with E-state index in [9.17, 15) is 9.18 Å². The van der Waals surface area contributed by atoms with Crippen molar-refractivity contribution in [1.82, 2.24) is 4.98 Å². The Morgan fingerprint density at radius 2 is 1.93 bits per heavy atom. The van der Waals surface area contributed by atoms with Crippen molar-refractivity contribution in [3.8, 4) is 11.5 Å². The third-order valence-electron chi connectivity index (χ3n) is 5.05. The second-order valence-corrected chi connectivity index (χ2v) is 7.10. The molecule has 0 saturated carbocycles. The maximum Gasteiger partial charge on any atom is 0.255 e. The Labute approximate surface area is 168 Å². The van der Waals surface area contributed by atoms with Gasteiger partial charge in [-0.25, -0.2) is 9.37 Å². The lowest BCUT2D eigenvalue weighted by Crippen LogP contribution is -2.12. The molecule has 1 N–H and O–H groups in total. The Bertz CT molecular complexity index is 1180. The number of nitrogens with one attached hydrogen (secondary N) is 1. The van der Waals surface area contributed by atoms with Crippen LogP contribution in [0.2, 0.25) is 0 Å². The number of rotatable bonds is 5. The van der Waals surface area contributed by atoms with E-state index in [1.165, 1.54) is 23.8 Å². The number of hydrogen-bond acceptors (Lipinski definition) is 3. The first kappa shape index (κ1) is 18.9. The van der Waals surface area contributed by atoms with E-state index in [1.807, 2.05) is 18.2 Å². The monoisotopic (exact) mass is 388 g/mol. The topological polar surface area (TPSA) is 55.1 Å². The van der Waals surface area contributed by atoms with Crippen molar-refractivity contribution in [3.63, 3.8) is 0 Å². The van der Waals surface area contributed by atoms with Gasteiger partial charge in [0.05, 0.1) is 0 Å². The standard InChI is InChI=1S/C24H21FN2O2/c1-3-15(2)16-10-11-22-21(14-16)27-24(29-22)18-7-5-9-20(13-18)26-23(28)17-6-4-8-19(25)12-17/h4-15H,3H2,1-2H3,(H,26,28)/t15-/m1/s1. The number of fused-ring (bicyclic) bond motifs is 1. The molecule has 0 unspecified atom stereocenters. The van der Waals surface area contributed by atoms with Gasteiger partial charge in [-0.1, -0.05) is 32.0 Å². The molecule has 4 nitrogen and oxygen atoms in total. The molecule has 0 saturated heterocycles. The highest BCUT2D eigenvalue weighted by Gasteiger charge is 2.12. The summed E-state index contributed by atoms with van der Waals surface area (Å²) in [6.45, 7) is 4.35. The summed E-state index contributed by atoms with van der Waals surface area (Å²) in [5, 5.41) is 2.79. The molecule has 4 rings (SSSR count). The molecule has 146 valence electrons. The molecular weight excluding hydrogens is 367 g/mol. The Hall–Kier alpha value is -3.47. The van der Waals surface area contributed by atoms with E-state index in [0.29, 0.717) is 17.5 Å². The zero-order chi connectivity index (χ0) is 20.4. The molecule has 1 atom stereocenters. The van der Waals surface area contributed by atoms with Gasteiger partial charge >= 0.3 is 0 Å². The molecule has 1 amide bonds. The molecular formula is C24H21FN2O2. The summed E-state index contributed by atoms with van der Waals surface area (Å²) < 4.78 is 19.3. The number of hydrogen-bond donors (Lipinski definition) is 1. The molecule has 3 aromatic carbocycles. The molecule has 4 aromatic rings. The van der Waals surface area contributed by atoms with E-state index >= 15 is 0 Å². The second-order valence-electron chi connectivity index (χ2n) is 7.10. The number of nitrogens with zero attached hydrogens (tertiary/aromatic N) is 1. The number of amides is 1. The minimum atomic E-state index is -0.449. The first-order valence-corrected chi connectivity index (χ1v) is 9.61. The van der Waals surface area contributed by atoms with Crippen LogP contribution >= 0.6 is 0 Å². The fourth-order valence-corrected chi connectivity index (χ4v) is 3.17. The quantitative estimate of drug-likeness (QED) is 0.430. The van der Waals surface area contributed by atoms with Gasteiger partial charge in [-0.3, -0.25) is 4.79 Å². The average molecular weight is 388 g/mol. The lowest BCUT2D eigenvalue weighted by Gasteiger charge is -2.07. The number of benzene rings is 3. The van der Waals surface area contributed by atoms with Gasteiger partial charge < -0.3 is 9.73 Å². The normalized spacial score (nSPS) is 12.1. The van der Waals surface area contributed by atoms with Crippen LogP contribution in [0.1, 0.15) is 42.1 Å². The molecule has 0 aliphatic rings. The Kier molecular flexibility index (Phi) is 5.12. The Morgan fingerprint density at radius 1 is 1.10 bits per heavy atom. The van der Waals surface area contributed by atoms with Gasteiger partial charge in [0.15, 0.2) is 5.58 Å². The van der Waals surface area contributed by atoms with Gasteiger partial charge in [0.25, 0.3) is 5.91 Å². The smallest absolute Gasteiger partial charge is 0.255 e. The molecule has 0 radical (unpaired) electrons. The maximum atomic E-state index is 13.4. The SMILES string of the molecule is CC[C@@H](C)c1ccc2oc(-c3cccc(NC(=O)c4cccc(F)c4)c3)nc2c1. The zero-order valence-corrected chi connectivity index (χ0v) is 16.3. The van der Waals surface area contributed by atoms with Crippen molar-refractivity contribution in [2.45, 2.75) is 26.2 Å². The highest BCUT2D eigenvalue weighted by molar-refractivity contribution is 6.04.